The van der Waals surface area contributed by atoms with E-state index < -0.39 is 5.41 Å². The second kappa shape index (κ2) is 28.3. The molecule has 1 saturated carbocycles. The molecule has 1 aliphatic carbocycles. The summed E-state index contributed by atoms with van der Waals surface area (Å²) in [7, 11) is 0. The van der Waals surface area contributed by atoms with E-state index in [-0.39, 0.29) is 77.3 Å². The predicted molar refractivity (Wildman–Crippen MR) is 351 cm³/mol. The number of aryl methyl sites for hydroxylation is 1. The minimum Gasteiger partial charge on any atom is -0.450 e. The monoisotopic (exact) mass is 1280 g/mol. The number of carbonyl (C=O) groups is 6. The van der Waals surface area contributed by atoms with Gasteiger partial charge in [0.1, 0.15) is 17.7 Å². The molecule has 1 atom stereocenters. The minimum atomic E-state index is -0.481. The number of anilines is 3. The predicted octanol–water partition coefficient (Wildman–Crippen LogP) is 11.7. The van der Waals surface area contributed by atoms with Crippen LogP contribution in [0.5, 0.6) is 0 Å². The maximum absolute atomic E-state index is 14.4. The molecule has 6 amide bonds. The van der Waals surface area contributed by atoms with Crippen molar-refractivity contribution in [3.05, 3.63) is 88.5 Å². The highest BCUT2D eigenvalue weighted by Gasteiger charge is 2.51. The van der Waals surface area contributed by atoms with Crippen molar-refractivity contribution in [2.75, 3.05) is 126 Å². The van der Waals surface area contributed by atoms with E-state index in [1.165, 1.54) is 29.7 Å². The molecule has 0 radical (unpaired) electrons. The van der Waals surface area contributed by atoms with Gasteiger partial charge in [-0.3, -0.25) is 14.4 Å². The Bertz CT molecular complexity index is 3150. The van der Waals surface area contributed by atoms with Crippen LogP contribution in [0.3, 0.4) is 0 Å². The standard InChI is InChI=1S/C27H38FN3O3.C25H36FN3O3.C20H26N2O4.H2/c1-2-34-26(33)30-14-10-22(11-15-30)29-16-12-27(13-17-29)19-31(24-9-8-21(28)18-23(24)27)25(32)20-6-4-3-5-7-20;1-5-32-23(31)28-12-8-19(9-13-28)27-14-10-25(11-15-27)17-29(22(30)24(2,3)4)21-7-6-18(26)16-20(21)25;1-14-3-4-18-17(11-14)20(13-22(18)15(2)23)6-8-21(9-7-20)19(24)26-16-5-10-25-12-16;/h8-9,18,20,22H,2-7,10-17,19H2,1H3;6-7,16,19H,5,8-15,17H2,1-4H3;3-4,11,16H,5-10,12-13H2,1-2H3;1H/t;;16-;/m..1./s1. The number of likely N-dealkylation sites (tertiary alicyclic amines) is 5. The zero-order valence-electron chi connectivity index (χ0n) is 55.8. The molecule has 13 rings (SSSR count). The van der Waals surface area contributed by atoms with Crippen LogP contribution in [0, 0.1) is 29.9 Å². The van der Waals surface area contributed by atoms with Gasteiger partial charge in [0.25, 0.3) is 0 Å². The summed E-state index contributed by atoms with van der Waals surface area (Å²) in [5.74, 6) is 0.0940. The Kier molecular flexibility index (Phi) is 20.6. The van der Waals surface area contributed by atoms with Crippen molar-refractivity contribution in [2.24, 2.45) is 11.3 Å². The van der Waals surface area contributed by atoms with E-state index in [0.29, 0.717) is 71.2 Å². The molecule has 18 nitrogen and oxygen atoms in total. The Morgan fingerprint density at radius 2 is 0.978 bits per heavy atom. The molecule has 10 aliphatic rings. The molecular weight excluding hydrogens is 1170 g/mol. The molecule has 7 fully saturated rings. The summed E-state index contributed by atoms with van der Waals surface area (Å²) in [4.78, 5) is 91.5. The Hall–Kier alpha value is -6.38. The zero-order valence-corrected chi connectivity index (χ0v) is 55.8. The van der Waals surface area contributed by atoms with Crippen LogP contribution in [-0.2, 0) is 49.6 Å². The fourth-order valence-electron chi connectivity index (χ4n) is 16.8. The fraction of sp³-hybridized carbons (Fsp3) is 0.667. The van der Waals surface area contributed by atoms with E-state index in [1.807, 2.05) is 60.3 Å². The summed E-state index contributed by atoms with van der Waals surface area (Å²) >= 11 is 0. The van der Waals surface area contributed by atoms with Crippen LogP contribution in [0.4, 0.5) is 40.2 Å². The van der Waals surface area contributed by atoms with E-state index in [4.69, 9.17) is 18.9 Å². The van der Waals surface area contributed by atoms with Crippen molar-refractivity contribution in [2.45, 2.75) is 186 Å². The van der Waals surface area contributed by atoms with E-state index in [9.17, 15) is 37.5 Å². The number of ether oxygens (including phenoxy) is 4. The molecule has 0 bridgehead atoms. The van der Waals surface area contributed by atoms with Crippen LogP contribution < -0.4 is 14.7 Å². The lowest BCUT2D eigenvalue weighted by Gasteiger charge is -2.45. The van der Waals surface area contributed by atoms with Crippen molar-refractivity contribution < 1.29 is 57.9 Å². The minimum absolute atomic E-state index is 0. The Morgan fingerprint density at radius 3 is 1.45 bits per heavy atom. The summed E-state index contributed by atoms with van der Waals surface area (Å²) in [6, 6.07) is 17.2. The normalized spacial score (nSPS) is 23.1. The highest BCUT2D eigenvalue weighted by molar-refractivity contribution is 6.00. The topological polar surface area (TPSA) is 165 Å². The summed E-state index contributed by atoms with van der Waals surface area (Å²) in [5, 5.41) is 0. The van der Waals surface area contributed by atoms with Gasteiger partial charge in [-0.2, -0.15) is 0 Å². The quantitative estimate of drug-likeness (QED) is 0.215. The largest absolute Gasteiger partial charge is 0.450 e. The van der Waals surface area contributed by atoms with Gasteiger partial charge in [0.2, 0.25) is 17.7 Å². The lowest BCUT2D eigenvalue weighted by Crippen LogP contribution is -2.53. The molecule has 0 aromatic heterocycles. The van der Waals surface area contributed by atoms with Gasteiger partial charge in [-0.1, -0.05) is 57.7 Å². The molecule has 3 aromatic carbocycles. The number of piperidine rings is 5. The van der Waals surface area contributed by atoms with Crippen LogP contribution in [0.25, 0.3) is 0 Å². The van der Waals surface area contributed by atoms with Crippen LogP contribution in [0.1, 0.15) is 168 Å². The second-order valence-electron chi connectivity index (χ2n) is 29.0. The average Bonchev–Trinajstić information content (AvgIpc) is 1.61. The first-order valence-corrected chi connectivity index (χ1v) is 34.6. The third-order valence-electron chi connectivity index (χ3n) is 22.2. The smallest absolute Gasteiger partial charge is 0.410 e. The molecule has 6 saturated heterocycles. The Labute approximate surface area is 545 Å². The van der Waals surface area contributed by atoms with Gasteiger partial charge in [0, 0.05) is 130 Å². The number of halogens is 2. The first kappa shape index (κ1) is 67.1. The first-order valence-electron chi connectivity index (χ1n) is 34.6. The van der Waals surface area contributed by atoms with E-state index in [0.717, 1.165) is 177 Å². The lowest BCUT2D eigenvalue weighted by molar-refractivity contribution is -0.126. The molecule has 0 N–H and O–H groups in total. The van der Waals surface area contributed by atoms with E-state index in [1.54, 1.807) is 34.9 Å². The highest BCUT2D eigenvalue weighted by atomic mass is 19.1. The van der Waals surface area contributed by atoms with Gasteiger partial charge in [-0.25, -0.2) is 23.2 Å². The summed E-state index contributed by atoms with van der Waals surface area (Å²) in [6.45, 7) is 25.2. The molecule has 3 spiro atoms. The van der Waals surface area contributed by atoms with Crippen molar-refractivity contribution in [1.29, 1.82) is 0 Å². The lowest BCUT2D eigenvalue weighted by atomic mass is 9.73. The molecule has 3 aromatic rings. The molecule has 92 heavy (non-hydrogen) atoms. The molecular formula is C72H102F2N8O10. The van der Waals surface area contributed by atoms with Crippen molar-refractivity contribution in [3.63, 3.8) is 0 Å². The second-order valence-corrected chi connectivity index (χ2v) is 29.0. The summed E-state index contributed by atoms with van der Waals surface area (Å²) in [5.41, 5.74) is 6.47. The van der Waals surface area contributed by atoms with Crippen molar-refractivity contribution in [1.82, 2.24) is 24.5 Å². The van der Waals surface area contributed by atoms with Crippen LogP contribution in [0.2, 0.25) is 0 Å². The number of rotatable bonds is 6. The van der Waals surface area contributed by atoms with Crippen molar-refractivity contribution >= 4 is 53.1 Å². The Morgan fingerprint density at radius 1 is 0.543 bits per heavy atom. The average molecular weight is 1280 g/mol. The van der Waals surface area contributed by atoms with Gasteiger partial charge < -0.3 is 58.1 Å². The zero-order chi connectivity index (χ0) is 65.1. The molecule has 20 heteroatoms. The molecule has 0 unspecified atom stereocenters. The van der Waals surface area contributed by atoms with E-state index >= 15 is 0 Å². The summed E-state index contributed by atoms with van der Waals surface area (Å²) < 4.78 is 49.7. The number of nitrogens with zero attached hydrogens (tertiary/aromatic N) is 8. The first-order chi connectivity index (χ1) is 44.1. The SMILES string of the molecule is CC(=O)N1CC2(CCN(C(=O)O[C@@H]3CCOC3)CC2)c2cc(C)ccc21.CCOC(=O)N1CCC(N2CCC3(CC2)CN(C(=O)C(C)(C)C)c2ccc(F)cc23)CC1.CCOC(=O)N1CCC(N2CCC3(CC2)CN(C(=O)C2CCCCC2)c2ccc(F)cc23)CC1.[HH]. The number of hydrogen-bond donors (Lipinski definition) is 0. The fourth-order valence-corrected chi connectivity index (χ4v) is 16.8. The number of fused-ring (bicyclic) bond motifs is 6. The Balaban J connectivity index is 0.000000153. The molecule has 9 aliphatic heterocycles. The summed E-state index contributed by atoms with van der Waals surface area (Å²) in [6.07, 6.45) is 14.7. The van der Waals surface area contributed by atoms with Gasteiger partial charge in [0.15, 0.2) is 0 Å². The third-order valence-corrected chi connectivity index (χ3v) is 22.2. The maximum Gasteiger partial charge on any atom is 0.410 e. The van der Waals surface area contributed by atoms with Crippen molar-refractivity contribution in [3.8, 4) is 0 Å². The van der Waals surface area contributed by atoms with Gasteiger partial charge in [-0.15, -0.1) is 0 Å². The van der Waals surface area contributed by atoms with Gasteiger partial charge in [-0.05, 0) is 183 Å². The van der Waals surface area contributed by atoms with Crippen LogP contribution >= 0.6 is 0 Å². The van der Waals surface area contributed by atoms with Gasteiger partial charge >= 0.3 is 18.3 Å². The number of hydrogen-bond acceptors (Lipinski definition) is 12. The highest BCUT2D eigenvalue weighted by Crippen LogP contribution is 2.52. The number of amides is 6. The van der Waals surface area contributed by atoms with Crippen LogP contribution in [-0.4, -0.2) is 190 Å². The maximum atomic E-state index is 14.4. The molecule has 9 heterocycles. The number of benzene rings is 3. The number of carbonyl (C=O) groups excluding carboxylic acids is 6. The van der Waals surface area contributed by atoms with E-state index in [2.05, 4.69) is 34.9 Å². The van der Waals surface area contributed by atoms with Gasteiger partial charge in [0.05, 0.1) is 26.4 Å². The third kappa shape index (κ3) is 14.2. The van der Waals surface area contributed by atoms with Crippen LogP contribution in [0.15, 0.2) is 54.6 Å². The molecule has 504 valence electrons.